The number of benzene rings is 1. The van der Waals surface area contributed by atoms with Gasteiger partial charge < -0.3 is 4.90 Å². The number of nitrogens with one attached hydrogen (secondary N) is 1. The van der Waals surface area contributed by atoms with Crippen molar-refractivity contribution < 1.29 is 9.00 Å². The highest BCUT2D eigenvalue weighted by Crippen LogP contribution is 2.25. The third-order valence-corrected chi connectivity index (χ3v) is 4.18. The Bertz CT molecular complexity index is 516. The van der Waals surface area contributed by atoms with Gasteiger partial charge in [-0.3, -0.25) is 14.3 Å². The zero-order valence-corrected chi connectivity index (χ0v) is 12.4. The lowest BCUT2D eigenvalue weighted by Gasteiger charge is -2.25. The molecule has 0 aromatic heterocycles. The van der Waals surface area contributed by atoms with Crippen LogP contribution in [0.1, 0.15) is 22.9 Å². The largest absolute Gasteiger partial charge is 0.321 e. The van der Waals surface area contributed by atoms with Crippen LogP contribution in [0.5, 0.6) is 0 Å². The van der Waals surface area contributed by atoms with E-state index >= 15 is 0 Å². The Balaban J connectivity index is 2.21. The molecule has 0 bridgehead atoms. The van der Waals surface area contributed by atoms with Crippen LogP contribution < -0.4 is 5.32 Å². The molecule has 1 fully saturated rings. The van der Waals surface area contributed by atoms with Crippen molar-refractivity contribution in [3.8, 4) is 0 Å². The molecule has 0 radical (unpaired) electrons. The molecule has 1 aliphatic rings. The van der Waals surface area contributed by atoms with Crippen molar-refractivity contribution in [2.45, 2.75) is 20.0 Å². The second kappa shape index (κ2) is 5.84. The Morgan fingerprint density at radius 2 is 2.16 bits per heavy atom. The fourth-order valence-corrected chi connectivity index (χ4v) is 2.88. The van der Waals surface area contributed by atoms with Crippen LogP contribution in [0.2, 0.25) is 0 Å². The third kappa shape index (κ3) is 3.22. The molecule has 2 atom stereocenters. The van der Waals surface area contributed by atoms with Gasteiger partial charge in [0.2, 0.25) is 5.91 Å². The Hall–Kier alpha value is -1.20. The van der Waals surface area contributed by atoms with E-state index in [1.165, 1.54) is 11.1 Å². The smallest absolute Gasteiger partial charge is 0.238 e. The molecule has 1 amide bonds. The highest BCUT2D eigenvalue weighted by atomic mass is 32.2. The van der Waals surface area contributed by atoms with Gasteiger partial charge in [-0.15, -0.1) is 0 Å². The van der Waals surface area contributed by atoms with Gasteiger partial charge in [-0.25, -0.2) is 0 Å². The first kappa shape index (κ1) is 14.2. The molecule has 1 N–H and O–H groups in total. The van der Waals surface area contributed by atoms with Gasteiger partial charge in [0.15, 0.2) is 0 Å². The van der Waals surface area contributed by atoms with Gasteiger partial charge in [0, 0.05) is 29.4 Å². The topological polar surface area (TPSA) is 49.4 Å². The molecule has 1 aromatic rings. The Morgan fingerprint density at radius 3 is 2.79 bits per heavy atom. The maximum Gasteiger partial charge on any atom is 0.238 e. The monoisotopic (exact) mass is 280 g/mol. The summed E-state index contributed by atoms with van der Waals surface area (Å²) in [6.07, 6.45) is 1.58. The summed E-state index contributed by atoms with van der Waals surface area (Å²) in [4.78, 5) is 13.7. The number of amides is 1. The highest BCUT2D eigenvalue weighted by Gasteiger charge is 2.31. The number of nitrogens with zero attached hydrogens (tertiary/aromatic N) is 1. The van der Waals surface area contributed by atoms with Crippen LogP contribution in [0.4, 0.5) is 0 Å². The van der Waals surface area contributed by atoms with Crippen LogP contribution in [0.15, 0.2) is 18.2 Å². The molecule has 0 saturated carbocycles. The average molecular weight is 280 g/mol. The summed E-state index contributed by atoms with van der Waals surface area (Å²) in [6.45, 7) is 5.01. The first-order chi connectivity index (χ1) is 8.99. The Labute approximate surface area is 116 Å². The summed E-state index contributed by atoms with van der Waals surface area (Å²) < 4.78 is 11.2. The molecule has 4 nitrogen and oxygen atoms in total. The highest BCUT2D eigenvalue weighted by molar-refractivity contribution is 7.84. The van der Waals surface area contributed by atoms with Gasteiger partial charge in [-0.2, -0.15) is 0 Å². The van der Waals surface area contributed by atoms with E-state index in [1.807, 2.05) is 0 Å². The summed E-state index contributed by atoms with van der Waals surface area (Å²) >= 11 is 0. The van der Waals surface area contributed by atoms with Crippen molar-refractivity contribution in [3.05, 3.63) is 34.9 Å². The zero-order valence-electron chi connectivity index (χ0n) is 11.6. The van der Waals surface area contributed by atoms with Crippen LogP contribution in [0.3, 0.4) is 0 Å². The Kier molecular flexibility index (Phi) is 4.37. The summed E-state index contributed by atoms with van der Waals surface area (Å²) in [6, 6.07) is 6.25. The first-order valence-electron chi connectivity index (χ1n) is 6.39. The van der Waals surface area contributed by atoms with Crippen molar-refractivity contribution in [3.63, 3.8) is 0 Å². The third-order valence-electron chi connectivity index (χ3n) is 3.42. The molecule has 1 saturated heterocycles. The number of carbonyl (C=O) groups is 1. The predicted molar refractivity (Wildman–Crippen MR) is 77.3 cm³/mol. The molecular weight excluding hydrogens is 260 g/mol. The average Bonchev–Trinajstić information content (AvgIpc) is 2.68. The summed E-state index contributed by atoms with van der Waals surface area (Å²) in [5.41, 5.74) is 3.51. The molecule has 0 aliphatic carbocycles. The van der Waals surface area contributed by atoms with E-state index in [2.05, 4.69) is 37.4 Å². The van der Waals surface area contributed by atoms with Crippen molar-refractivity contribution >= 4 is 16.7 Å². The number of hydrogen-bond donors (Lipinski definition) is 1. The van der Waals surface area contributed by atoms with E-state index in [0.29, 0.717) is 18.8 Å². The van der Waals surface area contributed by atoms with Gasteiger partial charge in [-0.1, -0.05) is 23.8 Å². The van der Waals surface area contributed by atoms with E-state index in [1.54, 1.807) is 11.2 Å². The number of hydrogen-bond acceptors (Lipinski definition) is 3. The molecule has 2 rings (SSSR count). The van der Waals surface area contributed by atoms with Crippen molar-refractivity contribution in [1.82, 2.24) is 10.2 Å². The van der Waals surface area contributed by atoms with Gasteiger partial charge in [-0.05, 0) is 25.0 Å². The molecule has 5 heteroatoms. The quantitative estimate of drug-likeness (QED) is 0.899. The molecule has 0 spiro atoms. The molecule has 1 heterocycles. The molecule has 1 aromatic carbocycles. The maximum atomic E-state index is 11.9. The van der Waals surface area contributed by atoms with E-state index < -0.39 is 10.8 Å². The normalized spacial score (nSPS) is 20.9. The van der Waals surface area contributed by atoms with E-state index in [-0.39, 0.29) is 12.1 Å². The molecule has 2 unspecified atom stereocenters. The minimum atomic E-state index is -0.879. The maximum absolute atomic E-state index is 11.9. The minimum absolute atomic E-state index is 0.0791. The number of carbonyl (C=O) groups excluding carboxylic acids is 1. The SMILES string of the molecule is Cc1ccc(C2NCC(=O)N2CCS(C)=O)c(C)c1. The van der Waals surface area contributed by atoms with Crippen LogP contribution >= 0.6 is 0 Å². The molecule has 19 heavy (non-hydrogen) atoms. The van der Waals surface area contributed by atoms with Gasteiger partial charge in [0.25, 0.3) is 0 Å². The summed E-state index contributed by atoms with van der Waals surface area (Å²) in [5, 5.41) is 3.23. The van der Waals surface area contributed by atoms with Gasteiger partial charge in [0.1, 0.15) is 6.17 Å². The van der Waals surface area contributed by atoms with Crippen molar-refractivity contribution in [2.75, 3.05) is 25.1 Å². The standard InChI is InChI=1S/C14H20N2O2S/c1-10-4-5-12(11(2)8-10)14-15-9-13(17)16(14)6-7-19(3)18/h4-5,8,14-15H,6-7,9H2,1-3H3. The lowest BCUT2D eigenvalue weighted by molar-refractivity contribution is -0.127. The van der Waals surface area contributed by atoms with Crippen molar-refractivity contribution in [1.29, 1.82) is 0 Å². The molecule has 104 valence electrons. The zero-order chi connectivity index (χ0) is 14.0. The fraction of sp³-hybridized carbons (Fsp3) is 0.500. The van der Waals surface area contributed by atoms with Crippen molar-refractivity contribution in [2.24, 2.45) is 0 Å². The summed E-state index contributed by atoms with van der Waals surface area (Å²) in [5.74, 6) is 0.602. The van der Waals surface area contributed by atoms with Crippen LogP contribution in [-0.2, 0) is 15.6 Å². The van der Waals surface area contributed by atoms with Crippen LogP contribution in [0, 0.1) is 13.8 Å². The lowest BCUT2D eigenvalue weighted by Crippen LogP contribution is -2.33. The number of rotatable bonds is 4. The summed E-state index contributed by atoms with van der Waals surface area (Å²) in [7, 11) is -0.879. The lowest BCUT2D eigenvalue weighted by atomic mass is 10.0. The minimum Gasteiger partial charge on any atom is -0.321 e. The predicted octanol–water partition coefficient (Wildman–Crippen LogP) is 1.11. The van der Waals surface area contributed by atoms with Gasteiger partial charge in [0.05, 0.1) is 6.54 Å². The van der Waals surface area contributed by atoms with Gasteiger partial charge >= 0.3 is 0 Å². The fourth-order valence-electron chi connectivity index (χ4n) is 2.43. The molecular formula is C14H20N2O2S. The van der Waals surface area contributed by atoms with E-state index in [0.717, 1.165) is 5.56 Å². The first-order valence-corrected chi connectivity index (χ1v) is 8.12. The van der Waals surface area contributed by atoms with Crippen LogP contribution in [0.25, 0.3) is 0 Å². The van der Waals surface area contributed by atoms with Crippen LogP contribution in [-0.4, -0.2) is 40.1 Å². The van der Waals surface area contributed by atoms with E-state index in [4.69, 9.17) is 0 Å². The van der Waals surface area contributed by atoms with E-state index in [9.17, 15) is 9.00 Å². The Morgan fingerprint density at radius 1 is 1.42 bits per heavy atom. The molecule has 1 aliphatic heterocycles. The number of aryl methyl sites for hydroxylation is 2. The second-order valence-electron chi connectivity index (χ2n) is 5.01. The second-order valence-corrected chi connectivity index (χ2v) is 6.56.